The largest absolute Gasteiger partial charge is 0.303 e. The molecular formula is C30H58N2O2. The van der Waals surface area contributed by atoms with E-state index >= 15 is 0 Å². The molecule has 0 aliphatic rings. The average Bonchev–Trinajstić information content (AvgIpc) is 2.69. The fraction of sp³-hybridized carbons (Fsp3) is 0.800. The molecule has 0 aromatic heterocycles. The summed E-state index contributed by atoms with van der Waals surface area (Å²) in [5, 5.41) is 6.87. The van der Waals surface area contributed by atoms with Gasteiger partial charge in [0.1, 0.15) is 0 Å². The quantitative estimate of drug-likeness (QED) is 0.179. The van der Waals surface area contributed by atoms with Crippen molar-refractivity contribution in [2.24, 2.45) is 11.8 Å². The Kier molecular flexibility index (Phi) is 17.7. The summed E-state index contributed by atoms with van der Waals surface area (Å²) in [7, 11) is 0. The van der Waals surface area contributed by atoms with Crippen molar-refractivity contribution in [1.82, 2.24) is 10.6 Å². The molecule has 0 saturated heterocycles. The number of allylic oxidation sites excluding steroid dienone is 3. The number of rotatable bonds is 16. The van der Waals surface area contributed by atoms with Crippen LogP contribution in [0.5, 0.6) is 0 Å². The second-order valence-electron chi connectivity index (χ2n) is 11.7. The molecule has 0 fully saturated rings. The molecule has 0 aromatic rings. The van der Waals surface area contributed by atoms with Crippen molar-refractivity contribution in [3.05, 3.63) is 24.3 Å². The van der Waals surface area contributed by atoms with Crippen molar-refractivity contribution >= 4 is 11.6 Å². The summed E-state index contributed by atoms with van der Waals surface area (Å²) >= 11 is 0. The summed E-state index contributed by atoms with van der Waals surface area (Å²) in [5.74, 6) is 0.809. The Bertz CT molecular complexity index is 630. The van der Waals surface area contributed by atoms with Gasteiger partial charge in [0.2, 0.25) is 0 Å². The molecule has 0 aromatic carbocycles. The topological polar surface area (TPSA) is 58.2 Å². The molecule has 0 aliphatic carbocycles. The van der Waals surface area contributed by atoms with Gasteiger partial charge in [-0.25, -0.2) is 0 Å². The first kappa shape index (κ1) is 34.9. The normalized spacial score (nSPS) is 14.9. The smallest absolute Gasteiger partial charge is 0.155 e. The van der Waals surface area contributed by atoms with Gasteiger partial charge < -0.3 is 10.6 Å². The maximum Gasteiger partial charge on any atom is 0.155 e. The van der Waals surface area contributed by atoms with Crippen LogP contribution in [0.4, 0.5) is 0 Å². The van der Waals surface area contributed by atoms with Gasteiger partial charge in [0.15, 0.2) is 11.6 Å². The number of Topliss-reactive ketones (excluding diaryl/α,β-unsaturated/α-hetero) is 2. The second kappa shape index (κ2) is 17.2. The molecule has 0 spiro atoms. The van der Waals surface area contributed by atoms with Crippen LogP contribution in [0.25, 0.3) is 0 Å². The number of carbonyl (C=O) groups is 2. The standard InChI is InChI=1S/C16H31NO.C14H27NO/c1-12(2)10-8-9-11-16(7,17-14(5)6)15(18)13(3)4;1-7-8-9-10-14(6,15-12(4)5)13(16)11(2)3/h10,13-14,17H,8-9,11H2,1-7H3;7,11-12,15H,1,8-10H2,2-6H3/t16-;14-/m00/s1. The van der Waals surface area contributed by atoms with Gasteiger partial charge in [-0.15, -0.1) is 6.58 Å². The highest BCUT2D eigenvalue weighted by Gasteiger charge is 2.35. The van der Waals surface area contributed by atoms with Gasteiger partial charge in [0.05, 0.1) is 11.1 Å². The minimum atomic E-state index is -0.384. The molecule has 34 heavy (non-hydrogen) atoms. The van der Waals surface area contributed by atoms with Crippen molar-refractivity contribution < 1.29 is 9.59 Å². The number of nitrogens with one attached hydrogen (secondary N) is 2. The van der Waals surface area contributed by atoms with Crippen LogP contribution in [0.2, 0.25) is 0 Å². The molecule has 0 unspecified atom stereocenters. The third-order valence-electron chi connectivity index (χ3n) is 5.87. The van der Waals surface area contributed by atoms with Gasteiger partial charge in [0.25, 0.3) is 0 Å². The molecule has 0 heterocycles. The molecule has 0 bridgehead atoms. The monoisotopic (exact) mass is 478 g/mol. The van der Waals surface area contributed by atoms with Gasteiger partial charge in [-0.3, -0.25) is 9.59 Å². The van der Waals surface area contributed by atoms with E-state index in [1.165, 1.54) is 5.57 Å². The Labute approximate surface area is 212 Å². The molecule has 2 N–H and O–H groups in total. The lowest BCUT2D eigenvalue weighted by atomic mass is 9.84. The molecule has 4 heteroatoms. The second-order valence-corrected chi connectivity index (χ2v) is 11.7. The Morgan fingerprint density at radius 1 is 0.735 bits per heavy atom. The van der Waals surface area contributed by atoms with Gasteiger partial charge in [-0.2, -0.15) is 0 Å². The van der Waals surface area contributed by atoms with Crippen LogP contribution in [0.1, 0.15) is 122 Å². The fourth-order valence-corrected chi connectivity index (χ4v) is 4.53. The van der Waals surface area contributed by atoms with Crippen molar-refractivity contribution in [3.63, 3.8) is 0 Å². The summed E-state index contributed by atoms with van der Waals surface area (Å²) in [4.78, 5) is 24.6. The number of carbonyl (C=O) groups excluding carboxylic acids is 2. The zero-order valence-corrected chi connectivity index (χ0v) is 24.7. The van der Waals surface area contributed by atoms with Gasteiger partial charge >= 0.3 is 0 Å². The minimum absolute atomic E-state index is 0.0833. The lowest BCUT2D eigenvalue weighted by molar-refractivity contribution is -0.129. The van der Waals surface area contributed by atoms with Crippen molar-refractivity contribution in [1.29, 1.82) is 0 Å². The summed E-state index contributed by atoms with van der Waals surface area (Å²) in [5.41, 5.74) is 0.590. The summed E-state index contributed by atoms with van der Waals surface area (Å²) in [6.07, 6.45) is 10.0. The van der Waals surface area contributed by atoms with Crippen LogP contribution in [0.3, 0.4) is 0 Å². The van der Waals surface area contributed by atoms with Gasteiger partial charge in [0, 0.05) is 23.9 Å². The van der Waals surface area contributed by atoms with E-state index in [-0.39, 0.29) is 22.9 Å². The third kappa shape index (κ3) is 14.9. The molecule has 4 nitrogen and oxygen atoms in total. The Morgan fingerprint density at radius 2 is 1.09 bits per heavy atom. The highest BCUT2D eigenvalue weighted by atomic mass is 16.1. The van der Waals surface area contributed by atoms with Gasteiger partial charge in [-0.05, 0) is 93.9 Å². The zero-order chi connectivity index (χ0) is 27.1. The highest BCUT2D eigenvalue weighted by molar-refractivity contribution is 5.90. The van der Waals surface area contributed by atoms with Gasteiger partial charge in [-0.1, -0.05) is 45.4 Å². The number of hydrogen-bond acceptors (Lipinski definition) is 4. The first-order valence-corrected chi connectivity index (χ1v) is 13.4. The fourth-order valence-electron chi connectivity index (χ4n) is 4.53. The molecular weight excluding hydrogens is 420 g/mol. The zero-order valence-electron chi connectivity index (χ0n) is 24.7. The van der Waals surface area contributed by atoms with E-state index in [1.807, 2.05) is 40.7 Å². The molecule has 0 saturated carbocycles. The molecule has 0 rings (SSSR count). The third-order valence-corrected chi connectivity index (χ3v) is 5.87. The number of unbranched alkanes of at least 4 members (excludes halogenated alkanes) is 2. The number of ketones is 2. The SMILES string of the molecule is C=CCCC[C@](C)(NC(C)C)C(=O)C(C)C.CC(C)=CCCC[C@](C)(NC(C)C)C(=O)C(C)C. The average molecular weight is 479 g/mol. The van der Waals surface area contributed by atoms with Crippen LogP contribution in [-0.2, 0) is 9.59 Å². The van der Waals surface area contributed by atoms with Crippen LogP contribution in [0, 0.1) is 11.8 Å². The molecule has 0 aliphatic heterocycles. The Morgan fingerprint density at radius 3 is 1.35 bits per heavy atom. The van der Waals surface area contributed by atoms with Crippen LogP contribution in [-0.4, -0.2) is 34.7 Å². The summed E-state index contributed by atoms with van der Waals surface area (Å²) < 4.78 is 0. The Hall–Kier alpha value is -1.26. The van der Waals surface area contributed by atoms with Crippen molar-refractivity contribution in [2.75, 3.05) is 0 Å². The summed E-state index contributed by atoms with van der Waals surface area (Å²) in [6, 6.07) is 0.664. The van der Waals surface area contributed by atoms with E-state index in [0.717, 1.165) is 38.5 Å². The molecule has 0 radical (unpaired) electrons. The predicted molar refractivity (Wildman–Crippen MR) is 150 cm³/mol. The van der Waals surface area contributed by atoms with E-state index in [1.54, 1.807) is 0 Å². The maximum atomic E-state index is 12.4. The highest BCUT2D eigenvalue weighted by Crippen LogP contribution is 2.22. The minimum Gasteiger partial charge on any atom is -0.303 e. The molecule has 0 amide bonds. The van der Waals surface area contributed by atoms with Crippen LogP contribution >= 0.6 is 0 Å². The van der Waals surface area contributed by atoms with E-state index < -0.39 is 0 Å². The number of hydrogen-bond donors (Lipinski definition) is 2. The Balaban J connectivity index is 0. The van der Waals surface area contributed by atoms with Crippen molar-refractivity contribution in [2.45, 2.75) is 145 Å². The first-order chi connectivity index (χ1) is 15.5. The van der Waals surface area contributed by atoms with E-state index in [4.69, 9.17) is 0 Å². The lowest BCUT2D eigenvalue weighted by Crippen LogP contribution is -2.53. The maximum absolute atomic E-state index is 12.4. The van der Waals surface area contributed by atoms with E-state index in [0.29, 0.717) is 23.7 Å². The lowest BCUT2D eigenvalue weighted by Gasteiger charge is -2.33. The van der Waals surface area contributed by atoms with E-state index in [2.05, 4.69) is 71.8 Å². The van der Waals surface area contributed by atoms with E-state index in [9.17, 15) is 9.59 Å². The first-order valence-electron chi connectivity index (χ1n) is 13.4. The van der Waals surface area contributed by atoms with Crippen LogP contribution in [0.15, 0.2) is 24.3 Å². The molecule has 2 atom stereocenters. The van der Waals surface area contributed by atoms with Crippen molar-refractivity contribution in [3.8, 4) is 0 Å². The summed E-state index contributed by atoms with van der Waals surface area (Å²) in [6.45, 7) is 28.3. The predicted octanol–water partition coefficient (Wildman–Crippen LogP) is 7.43. The molecule has 200 valence electrons. The van der Waals surface area contributed by atoms with Crippen LogP contribution < -0.4 is 10.6 Å².